The minimum atomic E-state index is -1.10. The van der Waals surface area contributed by atoms with Gasteiger partial charge in [0.2, 0.25) is 0 Å². The van der Waals surface area contributed by atoms with Crippen LogP contribution in [0.15, 0.2) is 41.0 Å². The maximum Gasteiger partial charge on any atom is 0.339 e. The number of carboxylic acid groups (broad SMARTS) is 1. The van der Waals surface area contributed by atoms with Gasteiger partial charge < -0.3 is 14.6 Å². The fraction of sp³-hybridized carbons (Fsp3) is 0.214. The predicted octanol–water partition coefficient (Wildman–Crippen LogP) is 2.62. The van der Waals surface area contributed by atoms with Gasteiger partial charge in [-0.25, -0.2) is 4.79 Å². The van der Waals surface area contributed by atoms with Crippen LogP contribution in [0.5, 0.6) is 0 Å². The highest BCUT2D eigenvalue weighted by Gasteiger charge is 2.23. The molecule has 0 saturated carbocycles. The SMILES string of the molecule is CCc1ccccc1C(O)c1occc1C(=O)O. The highest BCUT2D eigenvalue weighted by molar-refractivity contribution is 5.88. The topological polar surface area (TPSA) is 70.7 Å². The van der Waals surface area contributed by atoms with Crippen molar-refractivity contribution >= 4 is 5.97 Å². The summed E-state index contributed by atoms with van der Waals surface area (Å²) in [6.45, 7) is 1.98. The molecule has 0 aliphatic heterocycles. The van der Waals surface area contributed by atoms with Crippen molar-refractivity contribution in [3.8, 4) is 0 Å². The molecule has 2 N–H and O–H groups in total. The Morgan fingerprint density at radius 2 is 2.06 bits per heavy atom. The number of aliphatic hydroxyl groups is 1. The van der Waals surface area contributed by atoms with E-state index >= 15 is 0 Å². The minimum Gasteiger partial charge on any atom is -0.478 e. The van der Waals surface area contributed by atoms with Crippen molar-refractivity contribution in [3.05, 3.63) is 59.0 Å². The smallest absolute Gasteiger partial charge is 0.339 e. The standard InChI is InChI=1S/C14H14O4/c1-2-9-5-3-4-6-10(9)12(15)13-11(14(16)17)7-8-18-13/h3-8,12,15H,2H2,1H3,(H,16,17). The van der Waals surface area contributed by atoms with Crippen LogP contribution in [-0.2, 0) is 6.42 Å². The van der Waals surface area contributed by atoms with Crippen LogP contribution >= 0.6 is 0 Å². The van der Waals surface area contributed by atoms with Crippen LogP contribution in [0.4, 0.5) is 0 Å². The van der Waals surface area contributed by atoms with Crippen molar-refractivity contribution in [1.82, 2.24) is 0 Å². The summed E-state index contributed by atoms with van der Waals surface area (Å²) in [6.07, 6.45) is 0.981. The van der Waals surface area contributed by atoms with E-state index in [2.05, 4.69) is 0 Å². The molecular formula is C14H14O4. The van der Waals surface area contributed by atoms with E-state index in [4.69, 9.17) is 9.52 Å². The molecule has 0 radical (unpaired) electrons. The molecule has 18 heavy (non-hydrogen) atoms. The van der Waals surface area contributed by atoms with Crippen molar-refractivity contribution < 1.29 is 19.4 Å². The van der Waals surface area contributed by atoms with Gasteiger partial charge in [-0.1, -0.05) is 31.2 Å². The fourth-order valence-corrected chi connectivity index (χ4v) is 1.97. The molecule has 0 aliphatic carbocycles. The van der Waals surface area contributed by atoms with Crippen molar-refractivity contribution in [3.63, 3.8) is 0 Å². The Morgan fingerprint density at radius 3 is 2.72 bits per heavy atom. The summed E-state index contributed by atoms with van der Waals surface area (Å²) in [4.78, 5) is 11.0. The number of furan rings is 1. The first-order valence-electron chi connectivity index (χ1n) is 5.71. The third kappa shape index (κ3) is 2.15. The molecule has 4 heteroatoms. The molecule has 1 aromatic carbocycles. The predicted molar refractivity (Wildman–Crippen MR) is 65.5 cm³/mol. The van der Waals surface area contributed by atoms with Crippen molar-refractivity contribution in [1.29, 1.82) is 0 Å². The highest BCUT2D eigenvalue weighted by Crippen LogP contribution is 2.28. The Morgan fingerprint density at radius 1 is 1.33 bits per heavy atom. The zero-order chi connectivity index (χ0) is 13.1. The van der Waals surface area contributed by atoms with E-state index in [1.54, 1.807) is 12.1 Å². The number of benzene rings is 1. The van der Waals surface area contributed by atoms with Crippen LogP contribution in [0.2, 0.25) is 0 Å². The number of hydrogen-bond acceptors (Lipinski definition) is 3. The first kappa shape index (κ1) is 12.4. The summed E-state index contributed by atoms with van der Waals surface area (Å²) in [5.41, 5.74) is 1.64. The van der Waals surface area contributed by atoms with Gasteiger partial charge in [-0.3, -0.25) is 0 Å². The van der Waals surface area contributed by atoms with E-state index < -0.39 is 12.1 Å². The summed E-state index contributed by atoms with van der Waals surface area (Å²) < 4.78 is 5.11. The van der Waals surface area contributed by atoms with Crippen LogP contribution in [0, 0.1) is 0 Å². The summed E-state index contributed by atoms with van der Waals surface area (Å²) in [6, 6.07) is 8.71. The summed E-state index contributed by atoms with van der Waals surface area (Å²) in [5.74, 6) is -1.03. The second kappa shape index (κ2) is 5.06. The second-order valence-electron chi connectivity index (χ2n) is 3.96. The monoisotopic (exact) mass is 246 g/mol. The molecule has 94 valence electrons. The third-order valence-electron chi connectivity index (χ3n) is 2.90. The first-order valence-corrected chi connectivity index (χ1v) is 5.71. The van der Waals surface area contributed by atoms with E-state index in [1.807, 2.05) is 19.1 Å². The lowest BCUT2D eigenvalue weighted by Crippen LogP contribution is -2.07. The molecule has 0 amide bonds. The maximum absolute atomic E-state index is 11.0. The maximum atomic E-state index is 11.0. The molecule has 2 rings (SSSR count). The number of aliphatic hydroxyl groups excluding tert-OH is 1. The summed E-state index contributed by atoms with van der Waals surface area (Å²) >= 11 is 0. The molecule has 0 aliphatic rings. The third-order valence-corrected chi connectivity index (χ3v) is 2.90. The van der Waals surface area contributed by atoms with E-state index in [9.17, 15) is 9.90 Å². The number of carbonyl (C=O) groups is 1. The average molecular weight is 246 g/mol. The number of hydrogen-bond donors (Lipinski definition) is 2. The molecule has 1 aromatic heterocycles. The molecule has 0 fully saturated rings. The van der Waals surface area contributed by atoms with Gasteiger partial charge in [0.25, 0.3) is 0 Å². The molecule has 1 unspecified atom stereocenters. The van der Waals surface area contributed by atoms with Crippen LogP contribution in [0.1, 0.15) is 40.3 Å². The highest BCUT2D eigenvalue weighted by atomic mass is 16.4. The Hall–Kier alpha value is -2.07. The van der Waals surface area contributed by atoms with Gasteiger partial charge in [-0.15, -0.1) is 0 Å². The Balaban J connectivity index is 2.44. The van der Waals surface area contributed by atoms with Crippen molar-refractivity contribution in [2.24, 2.45) is 0 Å². The quantitative estimate of drug-likeness (QED) is 0.869. The number of rotatable bonds is 4. The average Bonchev–Trinajstić information content (AvgIpc) is 2.87. The minimum absolute atomic E-state index is 0.00611. The lowest BCUT2D eigenvalue weighted by atomic mass is 9.97. The van der Waals surface area contributed by atoms with E-state index in [0.29, 0.717) is 5.56 Å². The molecule has 0 saturated heterocycles. The van der Waals surface area contributed by atoms with E-state index in [1.165, 1.54) is 12.3 Å². The molecule has 1 atom stereocenters. The number of carboxylic acids is 1. The van der Waals surface area contributed by atoms with Gasteiger partial charge >= 0.3 is 5.97 Å². The van der Waals surface area contributed by atoms with Gasteiger partial charge in [0.1, 0.15) is 11.7 Å². The second-order valence-corrected chi connectivity index (χ2v) is 3.96. The number of aryl methyl sites for hydroxylation is 1. The Kier molecular flexibility index (Phi) is 3.48. The molecule has 0 spiro atoms. The molecule has 1 heterocycles. The van der Waals surface area contributed by atoms with Crippen LogP contribution < -0.4 is 0 Å². The zero-order valence-electron chi connectivity index (χ0n) is 9.96. The first-order chi connectivity index (χ1) is 8.65. The van der Waals surface area contributed by atoms with Crippen molar-refractivity contribution in [2.75, 3.05) is 0 Å². The molecule has 0 bridgehead atoms. The molecular weight excluding hydrogens is 232 g/mol. The van der Waals surface area contributed by atoms with E-state index in [-0.39, 0.29) is 11.3 Å². The van der Waals surface area contributed by atoms with Gasteiger partial charge in [0, 0.05) is 0 Å². The van der Waals surface area contributed by atoms with Crippen LogP contribution in [-0.4, -0.2) is 16.2 Å². The Labute approximate surface area is 104 Å². The van der Waals surface area contributed by atoms with E-state index in [0.717, 1.165) is 12.0 Å². The zero-order valence-corrected chi connectivity index (χ0v) is 9.96. The van der Waals surface area contributed by atoms with Gasteiger partial charge in [-0.05, 0) is 23.6 Å². The van der Waals surface area contributed by atoms with Crippen LogP contribution in [0.3, 0.4) is 0 Å². The molecule has 4 nitrogen and oxygen atoms in total. The van der Waals surface area contributed by atoms with Crippen LogP contribution in [0.25, 0.3) is 0 Å². The van der Waals surface area contributed by atoms with Gasteiger partial charge in [0.05, 0.1) is 6.26 Å². The normalized spacial score (nSPS) is 12.3. The summed E-state index contributed by atoms with van der Waals surface area (Å²) in [7, 11) is 0. The van der Waals surface area contributed by atoms with Gasteiger partial charge in [0.15, 0.2) is 5.76 Å². The van der Waals surface area contributed by atoms with Crippen molar-refractivity contribution in [2.45, 2.75) is 19.4 Å². The summed E-state index contributed by atoms with van der Waals surface area (Å²) in [5, 5.41) is 19.3. The Bertz CT molecular complexity index is 556. The number of aromatic carboxylic acids is 1. The molecule has 2 aromatic rings. The lowest BCUT2D eigenvalue weighted by molar-refractivity contribution is 0.0687. The van der Waals surface area contributed by atoms with Gasteiger partial charge in [-0.2, -0.15) is 0 Å². The largest absolute Gasteiger partial charge is 0.478 e. The fourth-order valence-electron chi connectivity index (χ4n) is 1.97. The lowest BCUT2D eigenvalue weighted by Gasteiger charge is -2.13.